The molecule has 2 N–H and O–H groups in total. The van der Waals surface area contributed by atoms with E-state index < -0.39 is 10.2 Å². The van der Waals surface area contributed by atoms with Crippen molar-refractivity contribution in [1.29, 1.82) is 0 Å². The van der Waals surface area contributed by atoms with Crippen LogP contribution in [0.2, 0.25) is 0 Å². The van der Waals surface area contributed by atoms with Gasteiger partial charge in [0, 0.05) is 26.7 Å². The lowest BCUT2D eigenvalue weighted by atomic mass is 10.1. The molecule has 7 heteroatoms. The van der Waals surface area contributed by atoms with Crippen molar-refractivity contribution in [2.24, 2.45) is 0 Å². The first-order valence-corrected chi connectivity index (χ1v) is 9.14. The molecule has 1 saturated heterocycles. The van der Waals surface area contributed by atoms with E-state index in [0.29, 0.717) is 13.1 Å². The molecule has 0 amide bonds. The largest absolute Gasteiger partial charge is 0.317 e. The Balaban J connectivity index is 2.18. The van der Waals surface area contributed by atoms with Gasteiger partial charge in [-0.2, -0.15) is 12.7 Å². The van der Waals surface area contributed by atoms with Crippen LogP contribution in [0, 0.1) is 0 Å². The predicted octanol–water partition coefficient (Wildman–Crippen LogP) is 0.238. The summed E-state index contributed by atoms with van der Waals surface area (Å²) in [6.07, 6.45) is 4.60. The number of piperidine rings is 1. The predicted molar refractivity (Wildman–Crippen MR) is 83.0 cm³/mol. The summed E-state index contributed by atoms with van der Waals surface area (Å²) < 4.78 is 28.1. The van der Waals surface area contributed by atoms with E-state index in [-0.39, 0.29) is 0 Å². The lowest BCUT2D eigenvalue weighted by Gasteiger charge is -2.26. The third kappa shape index (κ3) is 6.99. The van der Waals surface area contributed by atoms with Crippen molar-refractivity contribution in [1.82, 2.24) is 19.2 Å². The zero-order valence-electron chi connectivity index (χ0n) is 12.9. The molecule has 0 radical (unpaired) electrons. The maximum atomic E-state index is 12.0. The van der Waals surface area contributed by atoms with Crippen LogP contribution in [0.1, 0.15) is 32.6 Å². The molecule has 0 spiro atoms. The zero-order valence-corrected chi connectivity index (χ0v) is 13.7. The van der Waals surface area contributed by atoms with Crippen molar-refractivity contribution in [2.45, 2.75) is 32.6 Å². The Morgan fingerprint density at radius 3 is 2.50 bits per heavy atom. The molecule has 0 bridgehead atoms. The van der Waals surface area contributed by atoms with Crippen molar-refractivity contribution in [3.8, 4) is 0 Å². The average molecular weight is 306 g/mol. The number of nitrogens with zero attached hydrogens (tertiary/aromatic N) is 2. The van der Waals surface area contributed by atoms with Crippen LogP contribution in [0.4, 0.5) is 0 Å². The topological polar surface area (TPSA) is 64.7 Å². The minimum atomic E-state index is -3.32. The second-order valence-corrected chi connectivity index (χ2v) is 7.19. The lowest BCUT2D eigenvalue weighted by Crippen LogP contribution is -2.43. The molecule has 1 aliphatic heterocycles. The summed E-state index contributed by atoms with van der Waals surface area (Å²) >= 11 is 0. The van der Waals surface area contributed by atoms with Gasteiger partial charge in [-0.3, -0.25) is 0 Å². The maximum Gasteiger partial charge on any atom is 0.279 e. The number of rotatable bonds is 10. The van der Waals surface area contributed by atoms with Gasteiger partial charge in [0.15, 0.2) is 0 Å². The second kappa shape index (κ2) is 9.68. The fourth-order valence-electron chi connectivity index (χ4n) is 2.35. The Hall–Kier alpha value is -0.210. The molecule has 0 aromatic rings. The van der Waals surface area contributed by atoms with Gasteiger partial charge in [0.25, 0.3) is 10.2 Å². The molecule has 0 saturated carbocycles. The summed E-state index contributed by atoms with van der Waals surface area (Å²) in [4.78, 5) is 2.33. The first-order chi connectivity index (χ1) is 9.56. The molecule has 1 rings (SSSR count). The van der Waals surface area contributed by atoms with E-state index in [2.05, 4.69) is 14.9 Å². The van der Waals surface area contributed by atoms with Crippen LogP contribution in [0.5, 0.6) is 0 Å². The highest BCUT2D eigenvalue weighted by Gasteiger charge is 2.17. The molecule has 0 aliphatic carbocycles. The normalized spacial score (nSPS) is 17.8. The van der Waals surface area contributed by atoms with E-state index in [9.17, 15) is 8.42 Å². The summed E-state index contributed by atoms with van der Waals surface area (Å²) in [6.45, 7) is 7.87. The number of nitrogens with one attached hydrogen (secondary N) is 2. The molecular weight excluding hydrogens is 276 g/mol. The van der Waals surface area contributed by atoms with Gasteiger partial charge in [-0.25, -0.2) is 4.72 Å². The van der Waals surface area contributed by atoms with Gasteiger partial charge in [0.1, 0.15) is 0 Å². The van der Waals surface area contributed by atoms with Crippen LogP contribution in [0.25, 0.3) is 0 Å². The van der Waals surface area contributed by atoms with Crippen LogP contribution in [0.15, 0.2) is 0 Å². The molecule has 0 aromatic heterocycles. The summed E-state index contributed by atoms with van der Waals surface area (Å²) in [6, 6.07) is 0. The number of likely N-dealkylation sites (tertiary alicyclic amines) is 1. The van der Waals surface area contributed by atoms with E-state index in [1.807, 2.05) is 6.92 Å². The van der Waals surface area contributed by atoms with E-state index in [0.717, 1.165) is 39.1 Å². The van der Waals surface area contributed by atoms with Crippen molar-refractivity contribution in [2.75, 3.05) is 52.9 Å². The van der Waals surface area contributed by atoms with E-state index in [1.165, 1.54) is 23.6 Å². The minimum Gasteiger partial charge on any atom is -0.317 e. The highest BCUT2D eigenvalue weighted by molar-refractivity contribution is 7.87. The lowest BCUT2D eigenvalue weighted by molar-refractivity contribution is 0.232. The summed E-state index contributed by atoms with van der Waals surface area (Å²) in [5.41, 5.74) is 0. The van der Waals surface area contributed by atoms with Crippen molar-refractivity contribution in [3.63, 3.8) is 0 Å². The molecule has 6 nitrogen and oxygen atoms in total. The van der Waals surface area contributed by atoms with E-state index >= 15 is 0 Å². The molecule has 120 valence electrons. The van der Waals surface area contributed by atoms with Gasteiger partial charge in [0.05, 0.1) is 0 Å². The summed E-state index contributed by atoms with van der Waals surface area (Å²) in [5.74, 6) is 0. The third-order valence-corrected chi connectivity index (χ3v) is 5.22. The molecule has 0 atom stereocenters. The monoisotopic (exact) mass is 306 g/mol. The van der Waals surface area contributed by atoms with Crippen LogP contribution in [0.3, 0.4) is 0 Å². The van der Waals surface area contributed by atoms with Gasteiger partial charge < -0.3 is 10.2 Å². The first-order valence-electron chi connectivity index (χ1n) is 7.70. The molecule has 1 heterocycles. The van der Waals surface area contributed by atoms with E-state index in [1.54, 1.807) is 7.05 Å². The summed E-state index contributed by atoms with van der Waals surface area (Å²) in [5, 5.41) is 3.19. The van der Waals surface area contributed by atoms with Gasteiger partial charge >= 0.3 is 0 Å². The molecule has 1 fully saturated rings. The smallest absolute Gasteiger partial charge is 0.279 e. The number of hydrogen-bond donors (Lipinski definition) is 2. The molecule has 0 aromatic carbocycles. The van der Waals surface area contributed by atoms with Crippen molar-refractivity contribution >= 4 is 10.2 Å². The maximum absolute atomic E-state index is 12.0. The Kier molecular flexibility index (Phi) is 8.63. The Bertz CT molecular complexity index is 342. The van der Waals surface area contributed by atoms with Crippen LogP contribution < -0.4 is 10.0 Å². The highest BCUT2D eigenvalue weighted by atomic mass is 32.2. The fourth-order valence-corrected chi connectivity index (χ4v) is 3.29. The van der Waals surface area contributed by atoms with E-state index in [4.69, 9.17) is 0 Å². The molecule has 1 aliphatic rings. The molecule has 20 heavy (non-hydrogen) atoms. The van der Waals surface area contributed by atoms with Crippen LogP contribution in [-0.2, 0) is 10.2 Å². The van der Waals surface area contributed by atoms with Crippen LogP contribution in [-0.4, -0.2) is 70.5 Å². The summed E-state index contributed by atoms with van der Waals surface area (Å²) in [7, 11) is -1.69. The SMILES string of the molecule is CCNCCCN(C)S(=O)(=O)NCCN1CCCCC1. The fraction of sp³-hybridized carbons (Fsp3) is 1.00. The van der Waals surface area contributed by atoms with Crippen LogP contribution >= 0.6 is 0 Å². The third-order valence-electron chi connectivity index (χ3n) is 3.65. The second-order valence-electron chi connectivity index (χ2n) is 5.33. The molecular formula is C13H30N4O2S. The van der Waals surface area contributed by atoms with Gasteiger partial charge in [-0.1, -0.05) is 13.3 Å². The van der Waals surface area contributed by atoms with Crippen molar-refractivity contribution in [3.05, 3.63) is 0 Å². The van der Waals surface area contributed by atoms with Gasteiger partial charge in [-0.15, -0.1) is 0 Å². The Morgan fingerprint density at radius 2 is 1.85 bits per heavy atom. The quantitative estimate of drug-likeness (QED) is 0.568. The average Bonchev–Trinajstić information content (AvgIpc) is 2.44. The number of hydrogen-bond acceptors (Lipinski definition) is 4. The van der Waals surface area contributed by atoms with Gasteiger partial charge in [0.2, 0.25) is 0 Å². The Labute approximate surface area is 124 Å². The zero-order chi connectivity index (χ0) is 14.8. The minimum absolute atomic E-state index is 0.500. The van der Waals surface area contributed by atoms with Crippen molar-refractivity contribution < 1.29 is 8.42 Å². The molecule has 0 unspecified atom stereocenters. The standard InChI is InChI=1S/C13H30N4O2S/c1-3-14-8-7-10-16(2)20(18,19)15-9-13-17-11-5-4-6-12-17/h14-15H,3-13H2,1-2H3. The Morgan fingerprint density at radius 1 is 1.15 bits per heavy atom. The highest BCUT2D eigenvalue weighted by Crippen LogP contribution is 2.07. The van der Waals surface area contributed by atoms with Gasteiger partial charge in [-0.05, 0) is 45.4 Å². The first kappa shape index (κ1) is 17.8.